The molecule has 0 radical (unpaired) electrons. The van der Waals surface area contributed by atoms with E-state index in [0.717, 1.165) is 50.9 Å². The van der Waals surface area contributed by atoms with Crippen LogP contribution in [-0.4, -0.2) is 48.3 Å². The molecule has 1 aliphatic rings. The molecule has 31 heavy (non-hydrogen) atoms. The number of piperidine rings is 1. The van der Waals surface area contributed by atoms with E-state index in [1.54, 1.807) is 28.8 Å². The van der Waals surface area contributed by atoms with Crippen LogP contribution in [0.5, 0.6) is 0 Å². The first kappa shape index (κ1) is 22.1. The van der Waals surface area contributed by atoms with Crippen LogP contribution in [0.15, 0.2) is 76.6 Å². The van der Waals surface area contributed by atoms with Gasteiger partial charge >= 0.3 is 0 Å². The minimum Gasteiger partial charge on any atom is -0.303 e. The Morgan fingerprint density at radius 1 is 1.00 bits per heavy atom. The van der Waals surface area contributed by atoms with E-state index < -0.39 is 10.0 Å². The Bertz CT molecular complexity index is 1020. The average molecular weight is 456 g/mol. The van der Waals surface area contributed by atoms with Gasteiger partial charge in [-0.2, -0.15) is 4.31 Å². The summed E-state index contributed by atoms with van der Waals surface area (Å²) >= 11 is 1.29. The van der Waals surface area contributed by atoms with Crippen LogP contribution in [0.1, 0.15) is 30.4 Å². The van der Waals surface area contributed by atoms with Gasteiger partial charge in [0.05, 0.1) is 0 Å². The molecule has 2 aromatic heterocycles. The first-order valence-electron chi connectivity index (χ1n) is 10.8. The van der Waals surface area contributed by atoms with Crippen LogP contribution in [0.3, 0.4) is 0 Å². The van der Waals surface area contributed by atoms with Crippen molar-refractivity contribution in [2.24, 2.45) is 0 Å². The molecule has 1 saturated heterocycles. The first-order chi connectivity index (χ1) is 15.1. The Hall–Kier alpha value is -2.06. The molecule has 3 aromatic rings. The number of thiophene rings is 1. The summed E-state index contributed by atoms with van der Waals surface area (Å²) in [4.78, 5) is 6.64. The number of rotatable bonds is 9. The topological polar surface area (TPSA) is 53.5 Å². The van der Waals surface area contributed by atoms with Crippen LogP contribution >= 0.6 is 11.3 Å². The quantitative estimate of drug-likeness (QED) is 0.479. The van der Waals surface area contributed by atoms with E-state index in [4.69, 9.17) is 0 Å². The fourth-order valence-electron chi connectivity index (χ4n) is 4.19. The number of hydrogen-bond donors (Lipinski definition) is 0. The zero-order chi connectivity index (χ0) is 21.5. The monoisotopic (exact) mass is 455 g/mol. The summed E-state index contributed by atoms with van der Waals surface area (Å²) < 4.78 is 28.9. The van der Waals surface area contributed by atoms with Crippen LogP contribution in [0.2, 0.25) is 0 Å². The van der Waals surface area contributed by atoms with Crippen LogP contribution in [0.4, 0.5) is 0 Å². The number of hydrogen-bond acceptors (Lipinski definition) is 5. The number of pyridine rings is 1. The second-order valence-electron chi connectivity index (χ2n) is 8.01. The van der Waals surface area contributed by atoms with E-state index in [1.807, 2.05) is 17.5 Å². The summed E-state index contributed by atoms with van der Waals surface area (Å²) in [6.07, 6.45) is 7.40. The molecule has 1 aromatic carbocycles. The lowest BCUT2D eigenvalue weighted by atomic mass is 10.0. The minimum atomic E-state index is -3.52. The molecule has 0 spiro atoms. The molecule has 0 N–H and O–H groups in total. The molecule has 4 rings (SSSR count). The third-order valence-corrected chi connectivity index (χ3v) is 9.14. The van der Waals surface area contributed by atoms with Gasteiger partial charge in [0.15, 0.2) is 0 Å². The molecule has 0 aliphatic carbocycles. The highest BCUT2D eigenvalue weighted by Gasteiger charge is 2.34. The van der Waals surface area contributed by atoms with Crippen LogP contribution < -0.4 is 0 Å². The molecule has 0 unspecified atom stereocenters. The number of likely N-dealkylation sites (tertiary alicyclic amines) is 1. The van der Waals surface area contributed by atoms with Crippen LogP contribution in [-0.2, 0) is 23.0 Å². The summed E-state index contributed by atoms with van der Waals surface area (Å²) in [6, 6.07) is 17.9. The maximum atomic E-state index is 13.4. The summed E-state index contributed by atoms with van der Waals surface area (Å²) in [5.74, 6) is 0. The van der Waals surface area contributed by atoms with Crippen molar-refractivity contribution in [3.8, 4) is 0 Å². The predicted molar refractivity (Wildman–Crippen MR) is 126 cm³/mol. The van der Waals surface area contributed by atoms with E-state index in [2.05, 4.69) is 40.2 Å². The lowest BCUT2D eigenvalue weighted by Gasteiger charge is -2.37. The van der Waals surface area contributed by atoms with E-state index in [0.29, 0.717) is 10.8 Å². The van der Waals surface area contributed by atoms with E-state index in [9.17, 15) is 8.42 Å². The van der Waals surface area contributed by atoms with Gasteiger partial charge in [-0.25, -0.2) is 8.42 Å². The number of benzene rings is 1. The Morgan fingerprint density at radius 2 is 1.77 bits per heavy atom. The van der Waals surface area contributed by atoms with Gasteiger partial charge in [0.2, 0.25) is 0 Å². The van der Waals surface area contributed by atoms with Crippen LogP contribution in [0.25, 0.3) is 0 Å². The molecule has 164 valence electrons. The number of sulfonamides is 1. The minimum absolute atomic E-state index is 0.0117. The fourth-order valence-corrected chi connectivity index (χ4v) is 6.98. The highest BCUT2D eigenvalue weighted by atomic mass is 32.2. The molecule has 0 bridgehead atoms. The van der Waals surface area contributed by atoms with Gasteiger partial charge < -0.3 is 4.90 Å². The van der Waals surface area contributed by atoms with Crippen molar-refractivity contribution in [1.82, 2.24) is 14.2 Å². The van der Waals surface area contributed by atoms with Crippen molar-refractivity contribution in [2.75, 3.05) is 19.6 Å². The summed E-state index contributed by atoms with van der Waals surface area (Å²) in [6.45, 7) is 3.29. The normalized spacial score (nSPS) is 16.0. The van der Waals surface area contributed by atoms with Crippen molar-refractivity contribution < 1.29 is 8.42 Å². The molecule has 1 aliphatic heterocycles. The molecule has 0 saturated carbocycles. The van der Waals surface area contributed by atoms with Gasteiger partial charge in [-0.1, -0.05) is 42.5 Å². The summed E-state index contributed by atoms with van der Waals surface area (Å²) in [7, 11) is -3.52. The first-order valence-corrected chi connectivity index (χ1v) is 13.2. The molecule has 0 amide bonds. The SMILES string of the molecule is O=S(=O)(c1cccs1)N(Cc1cccnc1)C1CCN(CCCc2ccccc2)CC1. The standard InChI is InChI=1S/C24H29N3O2S2/c28-31(29,24-11-6-18-30-24)27(20-22-9-4-14-25-19-22)23-12-16-26(17-13-23)15-5-10-21-7-2-1-3-8-21/h1-4,6-9,11,14,18-19,23H,5,10,12-13,15-17,20H2. The highest BCUT2D eigenvalue weighted by Crippen LogP contribution is 2.28. The van der Waals surface area contributed by atoms with E-state index >= 15 is 0 Å². The maximum Gasteiger partial charge on any atom is 0.253 e. The Labute approximate surface area is 189 Å². The van der Waals surface area contributed by atoms with E-state index in [1.165, 1.54) is 16.9 Å². The van der Waals surface area contributed by atoms with E-state index in [-0.39, 0.29) is 6.04 Å². The molecule has 1 fully saturated rings. The van der Waals surface area contributed by atoms with Crippen LogP contribution in [0, 0.1) is 0 Å². The molecule has 7 heteroatoms. The zero-order valence-electron chi connectivity index (χ0n) is 17.6. The van der Waals surface area contributed by atoms with Gasteiger partial charge in [0.25, 0.3) is 10.0 Å². The largest absolute Gasteiger partial charge is 0.303 e. The van der Waals surface area contributed by atoms with Crippen molar-refractivity contribution in [2.45, 2.75) is 42.5 Å². The Morgan fingerprint density at radius 3 is 2.45 bits per heavy atom. The van der Waals surface area contributed by atoms with Crippen molar-refractivity contribution in [3.63, 3.8) is 0 Å². The third-order valence-electron chi connectivity index (χ3n) is 5.87. The van der Waals surface area contributed by atoms with Gasteiger partial charge in [-0.05, 0) is 74.0 Å². The molecular formula is C24H29N3O2S2. The molecule has 5 nitrogen and oxygen atoms in total. The summed E-state index contributed by atoms with van der Waals surface area (Å²) in [5, 5.41) is 1.82. The Kier molecular flexibility index (Phi) is 7.50. The predicted octanol–water partition coefficient (Wildman–Crippen LogP) is 4.43. The molecule has 0 atom stereocenters. The van der Waals surface area contributed by atoms with Gasteiger partial charge in [0.1, 0.15) is 4.21 Å². The lowest BCUT2D eigenvalue weighted by Crippen LogP contribution is -2.47. The van der Waals surface area contributed by atoms with Crippen molar-refractivity contribution in [1.29, 1.82) is 0 Å². The van der Waals surface area contributed by atoms with Crippen molar-refractivity contribution in [3.05, 3.63) is 83.5 Å². The second-order valence-corrected chi connectivity index (χ2v) is 11.1. The Balaban J connectivity index is 1.39. The average Bonchev–Trinajstić information content (AvgIpc) is 3.36. The molecule has 3 heterocycles. The summed E-state index contributed by atoms with van der Waals surface area (Å²) in [5.41, 5.74) is 2.30. The molecular weight excluding hydrogens is 426 g/mol. The fraction of sp³-hybridized carbons (Fsp3) is 0.375. The smallest absolute Gasteiger partial charge is 0.253 e. The van der Waals surface area contributed by atoms with Gasteiger partial charge in [-0.3, -0.25) is 4.98 Å². The number of nitrogens with zero attached hydrogens (tertiary/aromatic N) is 3. The zero-order valence-corrected chi connectivity index (χ0v) is 19.3. The number of aromatic nitrogens is 1. The number of aryl methyl sites for hydroxylation is 1. The van der Waals surface area contributed by atoms with Gasteiger partial charge in [0, 0.05) is 25.0 Å². The second kappa shape index (κ2) is 10.5. The lowest BCUT2D eigenvalue weighted by molar-refractivity contribution is 0.155. The maximum absolute atomic E-state index is 13.4. The highest BCUT2D eigenvalue weighted by molar-refractivity contribution is 7.91. The third kappa shape index (κ3) is 5.80. The van der Waals surface area contributed by atoms with Gasteiger partial charge in [-0.15, -0.1) is 11.3 Å². The van der Waals surface area contributed by atoms with Crippen molar-refractivity contribution >= 4 is 21.4 Å².